The van der Waals surface area contributed by atoms with E-state index < -0.39 is 11.6 Å². The predicted octanol–water partition coefficient (Wildman–Crippen LogP) is 1.99. The molecule has 0 spiro atoms. The Kier molecular flexibility index (Phi) is 5.88. The second-order valence-electron chi connectivity index (χ2n) is 5.12. The molecule has 3 nitrogen and oxygen atoms in total. The highest BCUT2D eigenvalue weighted by atomic mass is 16.5. The van der Waals surface area contributed by atoms with Crippen molar-refractivity contribution < 1.29 is 9.84 Å². The number of aliphatic hydroxyl groups excluding tert-OH is 1. The monoisotopic (exact) mass is 261 g/mol. The van der Waals surface area contributed by atoms with Crippen molar-refractivity contribution in [2.24, 2.45) is 0 Å². The van der Waals surface area contributed by atoms with Crippen LogP contribution >= 0.6 is 0 Å². The summed E-state index contributed by atoms with van der Waals surface area (Å²) in [7, 11) is 0. The van der Waals surface area contributed by atoms with Gasteiger partial charge in [0, 0.05) is 6.54 Å². The van der Waals surface area contributed by atoms with Crippen molar-refractivity contribution in [3.05, 3.63) is 29.8 Å². The number of nitrogens with one attached hydrogen (secondary N) is 1. The third kappa shape index (κ3) is 5.78. The molecule has 1 rings (SSSR count). The van der Waals surface area contributed by atoms with E-state index >= 15 is 0 Å². The highest BCUT2D eigenvalue weighted by Gasteiger charge is 2.15. The summed E-state index contributed by atoms with van der Waals surface area (Å²) in [4.78, 5) is 0. The standard InChI is InChI=1S/C16H23NO2/c1-5-13-8-7-9-15(10-13)19-12-14(18)11-17-16(3,4)6-2/h2,7-10,14,17-18H,5,11-12H2,1,3-4H3. The second-order valence-corrected chi connectivity index (χ2v) is 5.12. The maximum Gasteiger partial charge on any atom is 0.119 e. The number of hydrogen-bond acceptors (Lipinski definition) is 3. The van der Waals surface area contributed by atoms with Crippen LogP contribution in [0.15, 0.2) is 24.3 Å². The van der Waals surface area contributed by atoms with Gasteiger partial charge in [0.2, 0.25) is 0 Å². The van der Waals surface area contributed by atoms with E-state index in [2.05, 4.69) is 24.2 Å². The predicted molar refractivity (Wildman–Crippen MR) is 78.2 cm³/mol. The molecule has 0 aliphatic heterocycles. The Morgan fingerprint density at radius 1 is 1.47 bits per heavy atom. The number of hydrogen-bond donors (Lipinski definition) is 2. The first-order valence-electron chi connectivity index (χ1n) is 6.59. The second kappa shape index (κ2) is 7.18. The van der Waals surface area contributed by atoms with E-state index in [1.165, 1.54) is 5.56 Å². The number of rotatable bonds is 7. The van der Waals surface area contributed by atoms with Crippen LogP contribution in [-0.4, -0.2) is 29.9 Å². The minimum atomic E-state index is -0.585. The van der Waals surface area contributed by atoms with E-state index in [1.807, 2.05) is 32.0 Å². The zero-order valence-corrected chi connectivity index (χ0v) is 11.9. The van der Waals surface area contributed by atoms with Crippen LogP contribution < -0.4 is 10.1 Å². The summed E-state index contributed by atoms with van der Waals surface area (Å²) in [6.45, 7) is 6.54. The van der Waals surface area contributed by atoms with Gasteiger partial charge in [-0.1, -0.05) is 25.0 Å². The molecule has 1 aromatic rings. The normalized spacial score (nSPS) is 12.8. The van der Waals surface area contributed by atoms with Crippen LogP contribution in [0.3, 0.4) is 0 Å². The summed E-state index contributed by atoms with van der Waals surface area (Å²) in [6.07, 6.45) is 5.75. The van der Waals surface area contributed by atoms with Gasteiger partial charge < -0.3 is 9.84 Å². The smallest absolute Gasteiger partial charge is 0.119 e. The van der Waals surface area contributed by atoms with Gasteiger partial charge in [0.15, 0.2) is 0 Å². The molecule has 0 saturated heterocycles. The number of β-amino-alcohol motifs (C(OH)–C–C–N with tert-alkyl or cyclic N) is 1. The van der Waals surface area contributed by atoms with Gasteiger partial charge in [-0.15, -0.1) is 6.42 Å². The summed E-state index contributed by atoms with van der Waals surface area (Å²) < 4.78 is 5.57. The zero-order valence-electron chi connectivity index (χ0n) is 11.9. The van der Waals surface area contributed by atoms with E-state index in [-0.39, 0.29) is 6.61 Å². The molecule has 0 bridgehead atoms. The Labute approximate surface area is 116 Å². The molecule has 3 heteroatoms. The SMILES string of the molecule is C#CC(C)(C)NCC(O)COc1cccc(CC)c1. The number of terminal acetylenes is 1. The third-order valence-electron chi connectivity index (χ3n) is 2.89. The Morgan fingerprint density at radius 2 is 2.21 bits per heavy atom. The lowest BCUT2D eigenvalue weighted by molar-refractivity contribution is 0.102. The van der Waals surface area contributed by atoms with Crippen LogP contribution in [0.2, 0.25) is 0 Å². The molecule has 0 amide bonds. The molecule has 0 saturated carbocycles. The van der Waals surface area contributed by atoms with Crippen LogP contribution in [0.5, 0.6) is 5.75 Å². The van der Waals surface area contributed by atoms with Gasteiger partial charge in [0.1, 0.15) is 18.5 Å². The molecule has 0 heterocycles. The molecule has 0 aliphatic rings. The van der Waals surface area contributed by atoms with Crippen molar-refractivity contribution in [2.45, 2.75) is 38.8 Å². The van der Waals surface area contributed by atoms with Crippen LogP contribution in [0.1, 0.15) is 26.3 Å². The average Bonchev–Trinajstić information content (AvgIpc) is 2.43. The van der Waals surface area contributed by atoms with Crippen LogP contribution in [0, 0.1) is 12.3 Å². The zero-order chi connectivity index (χ0) is 14.3. The van der Waals surface area contributed by atoms with Crippen LogP contribution in [-0.2, 0) is 6.42 Å². The van der Waals surface area contributed by atoms with Gasteiger partial charge in [-0.3, -0.25) is 5.32 Å². The van der Waals surface area contributed by atoms with Gasteiger partial charge in [-0.2, -0.15) is 0 Å². The van der Waals surface area contributed by atoms with E-state index in [4.69, 9.17) is 11.2 Å². The lowest BCUT2D eigenvalue weighted by Gasteiger charge is -2.22. The van der Waals surface area contributed by atoms with Gasteiger partial charge in [0.05, 0.1) is 5.54 Å². The number of ether oxygens (including phenoxy) is 1. The van der Waals surface area contributed by atoms with Crippen molar-refractivity contribution in [1.29, 1.82) is 0 Å². The highest BCUT2D eigenvalue weighted by molar-refractivity contribution is 5.28. The third-order valence-corrected chi connectivity index (χ3v) is 2.89. The fraction of sp³-hybridized carbons (Fsp3) is 0.500. The molecule has 2 N–H and O–H groups in total. The lowest BCUT2D eigenvalue weighted by atomic mass is 10.1. The van der Waals surface area contributed by atoms with Gasteiger partial charge in [-0.25, -0.2) is 0 Å². The van der Waals surface area contributed by atoms with E-state index in [9.17, 15) is 5.11 Å². The molecule has 1 aromatic carbocycles. The maximum absolute atomic E-state index is 9.84. The van der Waals surface area contributed by atoms with Gasteiger partial charge in [-0.05, 0) is 38.0 Å². The van der Waals surface area contributed by atoms with E-state index in [0.29, 0.717) is 6.54 Å². The fourth-order valence-electron chi connectivity index (χ4n) is 1.53. The van der Waals surface area contributed by atoms with Crippen molar-refractivity contribution >= 4 is 0 Å². The quantitative estimate of drug-likeness (QED) is 0.738. The minimum Gasteiger partial charge on any atom is -0.491 e. The number of benzene rings is 1. The molecule has 1 unspecified atom stereocenters. The molecular weight excluding hydrogens is 238 g/mol. The molecule has 104 valence electrons. The van der Waals surface area contributed by atoms with Gasteiger partial charge >= 0.3 is 0 Å². The number of aliphatic hydroxyl groups is 1. The number of aryl methyl sites for hydroxylation is 1. The van der Waals surface area contributed by atoms with Crippen molar-refractivity contribution in [3.63, 3.8) is 0 Å². The topological polar surface area (TPSA) is 41.5 Å². The first-order valence-corrected chi connectivity index (χ1v) is 6.59. The highest BCUT2D eigenvalue weighted by Crippen LogP contribution is 2.13. The summed E-state index contributed by atoms with van der Waals surface area (Å²) >= 11 is 0. The summed E-state index contributed by atoms with van der Waals surface area (Å²) in [5.74, 6) is 3.41. The van der Waals surface area contributed by atoms with Gasteiger partial charge in [0.25, 0.3) is 0 Å². The Bertz CT molecular complexity index is 435. The molecule has 19 heavy (non-hydrogen) atoms. The summed E-state index contributed by atoms with van der Waals surface area (Å²) in [5.41, 5.74) is 0.807. The lowest BCUT2D eigenvalue weighted by Crippen LogP contribution is -2.43. The molecule has 0 aromatic heterocycles. The van der Waals surface area contributed by atoms with E-state index in [0.717, 1.165) is 12.2 Å². The Morgan fingerprint density at radius 3 is 2.84 bits per heavy atom. The van der Waals surface area contributed by atoms with Crippen molar-refractivity contribution in [1.82, 2.24) is 5.32 Å². The van der Waals surface area contributed by atoms with Crippen LogP contribution in [0.4, 0.5) is 0 Å². The van der Waals surface area contributed by atoms with E-state index in [1.54, 1.807) is 0 Å². The molecule has 1 atom stereocenters. The first-order chi connectivity index (χ1) is 8.96. The minimum absolute atomic E-state index is 0.251. The van der Waals surface area contributed by atoms with Crippen molar-refractivity contribution in [2.75, 3.05) is 13.2 Å². The first kappa shape index (κ1) is 15.6. The summed E-state index contributed by atoms with van der Waals surface area (Å²) in [5, 5.41) is 12.9. The fourth-order valence-corrected chi connectivity index (χ4v) is 1.53. The largest absolute Gasteiger partial charge is 0.491 e. The van der Waals surface area contributed by atoms with Crippen LogP contribution in [0.25, 0.3) is 0 Å². The van der Waals surface area contributed by atoms with Crippen molar-refractivity contribution in [3.8, 4) is 18.1 Å². The molecular formula is C16H23NO2. The molecule has 0 aliphatic carbocycles. The Balaban J connectivity index is 2.38. The average molecular weight is 261 g/mol. The Hall–Kier alpha value is -1.50. The molecule has 0 radical (unpaired) electrons. The summed E-state index contributed by atoms with van der Waals surface area (Å²) in [6, 6.07) is 7.90. The molecule has 0 fully saturated rings. The maximum atomic E-state index is 9.84.